The van der Waals surface area contributed by atoms with Crippen LogP contribution in [0, 0.1) is 0 Å². The van der Waals surface area contributed by atoms with Gasteiger partial charge >= 0.3 is 6.09 Å². The Kier molecular flexibility index (Phi) is 9.72. The molecule has 0 fully saturated rings. The van der Waals surface area contributed by atoms with E-state index in [0.29, 0.717) is 41.3 Å². The maximum atomic E-state index is 12.8. The summed E-state index contributed by atoms with van der Waals surface area (Å²) in [5.41, 5.74) is 2.60. The van der Waals surface area contributed by atoms with E-state index in [1.54, 1.807) is 48.5 Å². The second-order valence-corrected chi connectivity index (χ2v) is 7.39. The molecule has 0 radical (unpaired) electrons. The minimum atomic E-state index is -0.827. The van der Waals surface area contributed by atoms with Gasteiger partial charge in [0.05, 0.1) is 12.7 Å². The number of benzene rings is 2. The molecule has 2 aromatic rings. The van der Waals surface area contributed by atoms with E-state index >= 15 is 0 Å². The lowest BCUT2D eigenvalue weighted by Crippen LogP contribution is -2.28. The summed E-state index contributed by atoms with van der Waals surface area (Å²) < 4.78 is 27.5. The average molecular weight is 488 g/mol. The summed E-state index contributed by atoms with van der Waals surface area (Å²) in [4.78, 5) is 24.0. The van der Waals surface area contributed by atoms with Crippen molar-refractivity contribution in [2.45, 2.75) is 25.0 Å². The van der Waals surface area contributed by atoms with E-state index < -0.39 is 24.2 Å². The highest BCUT2D eigenvalue weighted by Crippen LogP contribution is 2.35. The van der Waals surface area contributed by atoms with Gasteiger partial charge in [-0.05, 0) is 42.7 Å². The molecular weight excluding hydrogens is 460 g/mol. The molecule has 2 aromatic carbocycles. The number of carbonyl (C=O) groups excluding carboxylic acids is 2. The molecule has 0 unspecified atom stereocenters. The molecule has 35 heavy (non-hydrogen) atoms. The summed E-state index contributed by atoms with van der Waals surface area (Å²) >= 11 is 0. The first-order valence-electron chi connectivity index (χ1n) is 10.9. The standard InChI is InChI=1S/C24H28N2O9/c1-31-20(7-2-3-8-22(28)26-30)23(16-5-4-6-18(13-16)32-12-11-27)35-24(29)25-17-9-10-19-21(14-17)34-15-33-19/h3-6,8-10,13-14,20,23,27,30H,2,7,11-12,15H2,1H3,(H,25,29)(H,26,28)/b8-3+/t20-,23-/m1/s1. The second kappa shape index (κ2) is 13.2. The number of aliphatic hydroxyl groups excluding tert-OH is 1. The molecule has 11 nitrogen and oxygen atoms in total. The zero-order valence-corrected chi connectivity index (χ0v) is 19.1. The molecule has 3 rings (SSSR count). The molecule has 1 aliphatic rings. The smallest absolute Gasteiger partial charge is 0.412 e. The number of rotatable bonds is 12. The molecule has 0 saturated carbocycles. The number of fused-ring (bicyclic) bond motifs is 1. The average Bonchev–Trinajstić information content (AvgIpc) is 3.34. The van der Waals surface area contributed by atoms with Crippen molar-refractivity contribution < 1.29 is 43.6 Å². The Morgan fingerprint density at radius 3 is 2.77 bits per heavy atom. The van der Waals surface area contributed by atoms with E-state index in [2.05, 4.69) is 5.32 Å². The van der Waals surface area contributed by atoms with Gasteiger partial charge in [0.15, 0.2) is 17.6 Å². The van der Waals surface area contributed by atoms with Crippen LogP contribution in [0.5, 0.6) is 17.2 Å². The molecule has 0 saturated heterocycles. The molecule has 1 heterocycles. The number of ether oxygens (including phenoxy) is 5. The number of carbonyl (C=O) groups is 2. The van der Waals surface area contributed by atoms with Gasteiger partial charge < -0.3 is 28.8 Å². The number of allylic oxidation sites excluding steroid dienone is 1. The molecule has 4 N–H and O–H groups in total. The predicted molar refractivity (Wildman–Crippen MR) is 124 cm³/mol. The van der Waals surface area contributed by atoms with Crippen LogP contribution in [0.3, 0.4) is 0 Å². The lowest BCUT2D eigenvalue weighted by atomic mass is 10.00. The molecule has 11 heteroatoms. The van der Waals surface area contributed by atoms with Crippen LogP contribution < -0.4 is 25.0 Å². The van der Waals surface area contributed by atoms with Gasteiger partial charge in [0.2, 0.25) is 6.79 Å². The first-order chi connectivity index (χ1) is 17.0. The van der Waals surface area contributed by atoms with Crippen LogP contribution in [0.2, 0.25) is 0 Å². The molecule has 2 amide bonds. The van der Waals surface area contributed by atoms with Crippen LogP contribution in [0.15, 0.2) is 54.6 Å². The van der Waals surface area contributed by atoms with Gasteiger partial charge in [-0.15, -0.1) is 0 Å². The Morgan fingerprint density at radius 1 is 1.17 bits per heavy atom. The minimum Gasteiger partial charge on any atom is -0.491 e. The second-order valence-electron chi connectivity index (χ2n) is 7.39. The summed E-state index contributed by atoms with van der Waals surface area (Å²) in [7, 11) is 1.49. The fraction of sp³-hybridized carbons (Fsp3) is 0.333. The van der Waals surface area contributed by atoms with Crippen molar-refractivity contribution in [1.29, 1.82) is 0 Å². The number of hydrogen-bond acceptors (Lipinski definition) is 9. The van der Waals surface area contributed by atoms with Crippen molar-refractivity contribution >= 4 is 17.7 Å². The van der Waals surface area contributed by atoms with Crippen LogP contribution >= 0.6 is 0 Å². The third-order valence-electron chi connectivity index (χ3n) is 5.04. The minimum absolute atomic E-state index is 0.115. The Labute approximate surface area is 202 Å². The van der Waals surface area contributed by atoms with Crippen molar-refractivity contribution in [1.82, 2.24) is 5.48 Å². The van der Waals surface area contributed by atoms with Gasteiger partial charge in [-0.2, -0.15) is 0 Å². The highest BCUT2D eigenvalue weighted by Gasteiger charge is 2.27. The molecule has 0 spiro atoms. The quantitative estimate of drug-likeness (QED) is 0.201. The fourth-order valence-electron chi connectivity index (χ4n) is 3.42. The van der Waals surface area contributed by atoms with Crippen LogP contribution in [0.1, 0.15) is 24.5 Å². The third kappa shape index (κ3) is 7.60. The lowest BCUT2D eigenvalue weighted by Gasteiger charge is -2.26. The van der Waals surface area contributed by atoms with Crippen LogP contribution in [-0.4, -0.2) is 55.5 Å². The Hall–Kier alpha value is -3.80. The summed E-state index contributed by atoms with van der Waals surface area (Å²) in [6.07, 6.45) is 1.46. The molecule has 0 aromatic heterocycles. The first kappa shape index (κ1) is 25.8. The summed E-state index contributed by atoms with van der Waals surface area (Å²) in [5.74, 6) is 0.949. The maximum Gasteiger partial charge on any atom is 0.412 e. The van der Waals surface area contributed by atoms with E-state index in [1.165, 1.54) is 18.7 Å². The zero-order valence-electron chi connectivity index (χ0n) is 19.1. The largest absolute Gasteiger partial charge is 0.491 e. The SMILES string of the molecule is CO[C@H](CC/C=C/C(=O)NO)[C@H](OC(=O)Nc1ccc2c(c1)OCO2)c1cccc(OCCO)c1. The molecule has 1 aliphatic heterocycles. The number of amides is 2. The highest BCUT2D eigenvalue weighted by molar-refractivity contribution is 5.86. The van der Waals surface area contributed by atoms with Crippen LogP contribution in [-0.2, 0) is 14.3 Å². The van der Waals surface area contributed by atoms with Crippen LogP contribution in [0.25, 0.3) is 0 Å². The molecule has 188 valence electrons. The predicted octanol–water partition coefficient (Wildman–Crippen LogP) is 2.93. The van der Waals surface area contributed by atoms with E-state index in [1.807, 2.05) is 0 Å². The van der Waals surface area contributed by atoms with E-state index in [-0.39, 0.29) is 20.0 Å². The summed E-state index contributed by atoms with van der Waals surface area (Å²) in [5, 5.41) is 20.3. The van der Waals surface area contributed by atoms with E-state index in [9.17, 15) is 9.59 Å². The lowest BCUT2D eigenvalue weighted by molar-refractivity contribution is -0.124. The number of methoxy groups -OCH3 is 1. The number of aliphatic hydroxyl groups is 1. The van der Waals surface area contributed by atoms with Gasteiger partial charge in [-0.25, -0.2) is 10.3 Å². The normalized spacial score (nSPS) is 13.8. The van der Waals surface area contributed by atoms with Gasteiger partial charge in [0.1, 0.15) is 12.4 Å². The van der Waals surface area contributed by atoms with Crippen molar-refractivity contribution in [2.75, 3.05) is 32.4 Å². The van der Waals surface area contributed by atoms with E-state index in [0.717, 1.165) is 0 Å². The number of hydroxylamine groups is 1. The van der Waals surface area contributed by atoms with Crippen molar-refractivity contribution in [3.63, 3.8) is 0 Å². The van der Waals surface area contributed by atoms with Gasteiger partial charge in [-0.1, -0.05) is 18.2 Å². The van der Waals surface area contributed by atoms with Gasteiger partial charge in [0.25, 0.3) is 5.91 Å². The van der Waals surface area contributed by atoms with Gasteiger partial charge in [0, 0.05) is 24.9 Å². The van der Waals surface area contributed by atoms with Crippen molar-refractivity contribution in [2.24, 2.45) is 0 Å². The van der Waals surface area contributed by atoms with Gasteiger partial charge in [-0.3, -0.25) is 15.3 Å². The summed E-state index contributed by atoms with van der Waals surface area (Å²) in [6.45, 7) is 0.0888. The zero-order chi connectivity index (χ0) is 25.0. The topological polar surface area (TPSA) is 145 Å². The first-order valence-corrected chi connectivity index (χ1v) is 10.9. The molecule has 2 atom stereocenters. The Morgan fingerprint density at radius 2 is 2.00 bits per heavy atom. The van der Waals surface area contributed by atoms with E-state index in [4.69, 9.17) is 34.0 Å². The van der Waals surface area contributed by atoms with Crippen LogP contribution in [0.4, 0.5) is 10.5 Å². The van der Waals surface area contributed by atoms with Crippen molar-refractivity contribution in [3.05, 3.63) is 60.2 Å². The summed E-state index contributed by atoms with van der Waals surface area (Å²) in [6, 6.07) is 11.9. The number of anilines is 1. The fourth-order valence-corrected chi connectivity index (χ4v) is 3.42. The highest BCUT2D eigenvalue weighted by atomic mass is 16.7. The maximum absolute atomic E-state index is 12.8. The molecular formula is C24H28N2O9. The Balaban J connectivity index is 1.76. The Bertz CT molecular complexity index is 1030. The third-order valence-corrected chi connectivity index (χ3v) is 5.04. The molecule has 0 bridgehead atoms. The molecule has 0 aliphatic carbocycles. The number of nitrogens with one attached hydrogen (secondary N) is 2. The van der Waals surface area contributed by atoms with Crippen molar-refractivity contribution in [3.8, 4) is 17.2 Å². The monoisotopic (exact) mass is 488 g/mol. The number of hydrogen-bond donors (Lipinski definition) is 4.